The zero-order chi connectivity index (χ0) is 9.97. The van der Waals surface area contributed by atoms with Gasteiger partial charge in [0.25, 0.3) is 0 Å². The van der Waals surface area contributed by atoms with Gasteiger partial charge in [0.15, 0.2) is 0 Å². The van der Waals surface area contributed by atoms with Gasteiger partial charge in [0, 0.05) is 12.1 Å². The van der Waals surface area contributed by atoms with Crippen LogP contribution in [0.15, 0.2) is 0 Å². The van der Waals surface area contributed by atoms with Crippen molar-refractivity contribution in [1.29, 1.82) is 0 Å². The second-order valence-corrected chi connectivity index (χ2v) is 5.77. The van der Waals surface area contributed by atoms with Gasteiger partial charge in [-0.3, -0.25) is 0 Å². The fourth-order valence-electron chi connectivity index (χ4n) is 2.44. The van der Waals surface area contributed by atoms with E-state index >= 15 is 0 Å². The van der Waals surface area contributed by atoms with Crippen LogP contribution in [0.2, 0.25) is 0 Å². The van der Waals surface area contributed by atoms with E-state index in [0.717, 1.165) is 6.04 Å². The Hall–Kier alpha value is 0.270. The number of ether oxygens (including phenoxy) is 1. The molecule has 2 saturated heterocycles. The second-order valence-electron chi connectivity index (χ2n) is 4.55. The highest BCUT2D eigenvalue weighted by molar-refractivity contribution is 7.99. The molecule has 1 N–H and O–H groups in total. The molecule has 0 amide bonds. The first-order chi connectivity index (χ1) is 6.75. The van der Waals surface area contributed by atoms with E-state index in [2.05, 4.69) is 30.9 Å². The number of thioether (sulfide) groups is 1. The van der Waals surface area contributed by atoms with Gasteiger partial charge in [-0.05, 0) is 44.6 Å². The third kappa shape index (κ3) is 2.65. The molecule has 2 nitrogen and oxygen atoms in total. The average Bonchev–Trinajstić information content (AvgIpc) is 2.47. The monoisotopic (exact) mass is 215 g/mol. The van der Waals surface area contributed by atoms with E-state index in [4.69, 9.17) is 4.74 Å². The Morgan fingerprint density at radius 3 is 2.50 bits per heavy atom. The Morgan fingerprint density at radius 2 is 1.93 bits per heavy atom. The Morgan fingerprint density at radius 1 is 1.21 bits per heavy atom. The Kier molecular flexibility index (Phi) is 3.74. The van der Waals surface area contributed by atoms with Crippen molar-refractivity contribution in [2.45, 2.75) is 57.4 Å². The first-order valence-corrected chi connectivity index (χ1v) is 6.90. The summed E-state index contributed by atoms with van der Waals surface area (Å²) in [6, 6.07) is 1.34. The highest BCUT2D eigenvalue weighted by Crippen LogP contribution is 2.23. The van der Waals surface area contributed by atoms with Crippen molar-refractivity contribution in [2.24, 2.45) is 0 Å². The number of hydrogen-bond donors (Lipinski definition) is 1. The second kappa shape index (κ2) is 4.86. The molecule has 3 unspecified atom stereocenters. The number of nitrogens with one attached hydrogen (secondary N) is 1. The Bertz CT molecular complexity index is 182. The summed E-state index contributed by atoms with van der Waals surface area (Å²) in [6.07, 6.45) is 4.70. The van der Waals surface area contributed by atoms with Crippen molar-refractivity contribution in [3.05, 3.63) is 0 Å². The summed E-state index contributed by atoms with van der Waals surface area (Å²) in [5, 5.41) is 3.76. The third-order valence-corrected chi connectivity index (χ3v) is 4.32. The molecule has 2 heterocycles. The summed E-state index contributed by atoms with van der Waals surface area (Å²) >= 11 is 2.09. The van der Waals surface area contributed by atoms with Gasteiger partial charge in [0.05, 0.1) is 12.2 Å². The molecule has 3 heteroatoms. The van der Waals surface area contributed by atoms with Crippen molar-refractivity contribution < 1.29 is 4.74 Å². The zero-order valence-corrected chi connectivity index (χ0v) is 9.98. The van der Waals surface area contributed by atoms with E-state index in [0.29, 0.717) is 18.2 Å². The predicted molar refractivity (Wildman–Crippen MR) is 61.9 cm³/mol. The molecule has 3 atom stereocenters. The SMILES string of the molecule is CC1CC(NC2CCSCC2)C(C)O1. The largest absolute Gasteiger partial charge is 0.374 e. The highest BCUT2D eigenvalue weighted by atomic mass is 32.2. The van der Waals surface area contributed by atoms with E-state index < -0.39 is 0 Å². The molecule has 0 aromatic carbocycles. The third-order valence-electron chi connectivity index (χ3n) is 3.27. The van der Waals surface area contributed by atoms with E-state index in [1.165, 1.54) is 30.8 Å². The molecule has 0 aromatic rings. The van der Waals surface area contributed by atoms with Gasteiger partial charge in [0.2, 0.25) is 0 Å². The number of rotatable bonds is 2. The van der Waals surface area contributed by atoms with Crippen LogP contribution in [-0.2, 0) is 4.74 Å². The first-order valence-electron chi connectivity index (χ1n) is 5.75. The van der Waals surface area contributed by atoms with Gasteiger partial charge < -0.3 is 10.1 Å². The maximum absolute atomic E-state index is 5.75. The fraction of sp³-hybridized carbons (Fsp3) is 1.00. The highest BCUT2D eigenvalue weighted by Gasteiger charge is 2.31. The van der Waals surface area contributed by atoms with Crippen LogP contribution in [-0.4, -0.2) is 35.8 Å². The van der Waals surface area contributed by atoms with Crippen molar-refractivity contribution >= 4 is 11.8 Å². The van der Waals surface area contributed by atoms with E-state index in [-0.39, 0.29) is 0 Å². The summed E-state index contributed by atoms with van der Waals surface area (Å²) in [5.74, 6) is 2.66. The molecule has 0 aliphatic carbocycles. The molecule has 0 bridgehead atoms. The quantitative estimate of drug-likeness (QED) is 0.761. The van der Waals surface area contributed by atoms with Gasteiger partial charge >= 0.3 is 0 Å². The molecule has 2 aliphatic heterocycles. The van der Waals surface area contributed by atoms with Crippen LogP contribution >= 0.6 is 11.8 Å². The van der Waals surface area contributed by atoms with Gasteiger partial charge in [-0.15, -0.1) is 0 Å². The molecule has 0 radical (unpaired) electrons. The molecule has 0 saturated carbocycles. The van der Waals surface area contributed by atoms with Crippen molar-refractivity contribution in [3.8, 4) is 0 Å². The summed E-state index contributed by atoms with van der Waals surface area (Å²) in [7, 11) is 0. The molecular weight excluding hydrogens is 194 g/mol. The fourth-order valence-corrected chi connectivity index (χ4v) is 3.54. The lowest BCUT2D eigenvalue weighted by Gasteiger charge is -2.27. The molecule has 2 fully saturated rings. The standard InChI is InChI=1S/C11H21NOS/c1-8-7-11(9(2)13-8)12-10-3-5-14-6-4-10/h8-12H,3-7H2,1-2H3. The van der Waals surface area contributed by atoms with Gasteiger partial charge in [-0.1, -0.05) is 0 Å². The normalized spacial score (nSPS) is 40.3. The smallest absolute Gasteiger partial charge is 0.0704 e. The van der Waals surface area contributed by atoms with Crippen LogP contribution in [0.4, 0.5) is 0 Å². The van der Waals surface area contributed by atoms with Gasteiger partial charge in [-0.2, -0.15) is 11.8 Å². The van der Waals surface area contributed by atoms with Crippen LogP contribution in [0.5, 0.6) is 0 Å². The number of hydrogen-bond acceptors (Lipinski definition) is 3. The zero-order valence-electron chi connectivity index (χ0n) is 9.16. The predicted octanol–water partition coefficient (Wildman–Crippen LogP) is 2.04. The van der Waals surface area contributed by atoms with E-state index in [1.807, 2.05) is 0 Å². The minimum atomic E-state index is 0.402. The maximum Gasteiger partial charge on any atom is 0.0704 e. The lowest BCUT2D eigenvalue weighted by Crippen LogP contribution is -2.43. The summed E-state index contributed by atoms with van der Waals surface area (Å²) in [4.78, 5) is 0. The molecule has 14 heavy (non-hydrogen) atoms. The average molecular weight is 215 g/mol. The van der Waals surface area contributed by atoms with E-state index in [9.17, 15) is 0 Å². The van der Waals surface area contributed by atoms with Gasteiger partial charge in [-0.25, -0.2) is 0 Å². The molecule has 0 spiro atoms. The van der Waals surface area contributed by atoms with Crippen LogP contribution in [0.1, 0.15) is 33.1 Å². The van der Waals surface area contributed by atoms with E-state index in [1.54, 1.807) is 0 Å². The lowest BCUT2D eigenvalue weighted by atomic mass is 10.1. The van der Waals surface area contributed by atoms with Crippen LogP contribution in [0.3, 0.4) is 0 Å². The lowest BCUT2D eigenvalue weighted by molar-refractivity contribution is 0.0593. The van der Waals surface area contributed by atoms with Crippen LogP contribution in [0, 0.1) is 0 Å². The topological polar surface area (TPSA) is 21.3 Å². The van der Waals surface area contributed by atoms with Crippen molar-refractivity contribution in [2.75, 3.05) is 11.5 Å². The minimum Gasteiger partial charge on any atom is -0.374 e. The van der Waals surface area contributed by atoms with Crippen LogP contribution in [0.25, 0.3) is 0 Å². The first kappa shape index (κ1) is 10.8. The molecule has 2 aliphatic rings. The maximum atomic E-state index is 5.75. The Labute approximate surface area is 91.2 Å². The van der Waals surface area contributed by atoms with Crippen molar-refractivity contribution in [3.63, 3.8) is 0 Å². The molecule has 82 valence electrons. The molecule has 0 aromatic heterocycles. The molecular formula is C11H21NOS. The van der Waals surface area contributed by atoms with Crippen LogP contribution < -0.4 is 5.32 Å². The summed E-state index contributed by atoms with van der Waals surface area (Å²) < 4.78 is 5.75. The Balaban J connectivity index is 1.78. The molecule has 2 rings (SSSR count). The van der Waals surface area contributed by atoms with Gasteiger partial charge in [0.1, 0.15) is 0 Å². The summed E-state index contributed by atoms with van der Waals surface area (Å²) in [5.41, 5.74) is 0. The minimum absolute atomic E-state index is 0.402. The summed E-state index contributed by atoms with van der Waals surface area (Å²) in [6.45, 7) is 4.37. The van der Waals surface area contributed by atoms with Crippen molar-refractivity contribution in [1.82, 2.24) is 5.32 Å².